The Morgan fingerprint density at radius 1 is 1.40 bits per heavy atom. The molecule has 20 heavy (non-hydrogen) atoms. The summed E-state index contributed by atoms with van der Waals surface area (Å²) in [5.74, 6) is -0.0721. The molecule has 6 nitrogen and oxygen atoms in total. The molecule has 1 aromatic carbocycles. The number of nitro benzene ring substituents is 1. The van der Waals surface area contributed by atoms with Gasteiger partial charge in [-0.15, -0.1) is 0 Å². The number of hydrogen-bond donors (Lipinski definition) is 2. The normalized spacial score (nSPS) is 17.5. The highest BCUT2D eigenvalue weighted by atomic mass is 16.6. The molecular weight excluding hydrogens is 258 g/mol. The van der Waals surface area contributed by atoms with Crippen LogP contribution in [-0.2, 0) is 4.79 Å². The zero-order valence-corrected chi connectivity index (χ0v) is 11.7. The third-order valence-electron chi connectivity index (χ3n) is 3.92. The van der Waals surface area contributed by atoms with E-state index in [-0.39, 0.29) is 11.6 Å². The van der Waals surface area contributed by atoms with E-state index in [1.165, 1.54) is 6.07 Å². The number of aryl methyl sites for hydroxylation is 1. The van der Waals surface area contributed by atoms with E-state index in [1.54, 1.807) is 19.1 Å². The number of benzene rings is 1. The smallest absolute Gasteiger partial charge is 0.274 e. The predicted octanol–water partition coefficient (Wildman–Crippen LogP) is 2.23. The standard InChI is InChI=1S/C14H19N3O3/c1-10-3-4-11(9-12(10)17(19)20)16-13(18)14(2)5-7-15-8-6-14/h3-4,9,15H,5-8H2,1-2H3,(H,16,18). The van der Waals surface area contributed by atoms with Gasteiger partial charge in [0.25, 0.3) is 5.69 Å². The lowest BCUT2D eigenvalue weighted by Gasteiger charge is -2.32. The number of carbonyl (C=O) groups excluding carboxylic acids is 1. The molecule has 0 saturated carbocycles. The summed E-state index contributed by atoms with van der Waals surface area (Å²) in [4.78, 5) is 22.8. The molecular formula is C14H19N3O3. The van der Waals surface area contributed by atoms with Crippen LogP contribution in [0.25, 0.3) is 0 Å². The molecule has 108 valence electrons. The minimum atomic E-state index is -0.433. The highest BCUT2D eigenvalue weighted by molar-refractivity contribution is 5.95. The second kappa shape index (κ2) is 5.58. The van der Waals surface area contributed by atoms with Gasteiger partial charge in [-0.25, -0.2) is 0 Å². The molecule has 1 aromatic rings. The molecule has 0 unspecified atom stereocenters. The zero-order valence-electron chi connectivity index (χ0n) is 11.7. The van der Waals surface area contributed by atoms with Gasteiger partial charge in [0.1, 0.15) is 0 Å². The Labute approximate surface area is 117 Å². The molecule has 2 rings (SSSR count). The van der Waals surface area contributed by atoms with Crippen LogP contribution in [0.1, 0.15) is 25.3 Å². The summed E-state index contributed by atoms with van der Waals surface area (Å²) >= 11 is 0. The van der Waals surface area contributed by atoms with Crippen LogP contribution < -0.4 is 10.6 Å². The first-order valence-corrected chi connectivity index (χ1v) is 6.70. The number of anilines is 1. The molecule has 1 aliphatic rings. The van der Waals surface area contributed by atoms with E-state index < -0.39 is 10.3 Å². The van der Waals surface area contributed by atoms with Crippen LogP contribution >= 0.6 is 0 Å². The highest BCUT2D eigenvalue weighted by Gasteiger charge is 2.34. The van der Waals surface area contributed by atoms with Gasteiger partial charge in [-0.3, -0.25) is 14.9 Å². The van der Waals surface area contributed by atoms with Crippen molar-refractivity contribution in [1.82, 2.24) is 5.32 Å². The Balaban J connectivity index is 2.15. The highest BCUT2D eigenvalue weighted by Crippen LogP contribution is 2.30. The summed E-state index contributed by atoms with van der Waals surface area (Å²) in [7, 11) is 0. The van der Waals surface area contributed by atoms with Gasteiger partial charge in [0.2, 0.25) is 5.91 Å². The fourth-order valence-corrected chi connectivity index (χ4v) is 2.37. The SMILES string of the molecule is Cc1ccc(NC(=O)C2(C)CCNCC2)cc1[N+](=O)[O-]. The summed E-state index contributed by atoms with van der Waals surface area (Å²) in [6.07, 6.45) is 1.54. The summed E-state index contributed by atoms with van der Waals surface area (Å²) < 4.78 is 0. The lowest BCUT2D eigenvalue weighted by Crippen LogP contribution is -2.42. The Bertz CT molecular complexity index is 536. The number of carbonyl (C=O) groups is 1. The van der Waals surface area contributed by atoms with Crippen molar-refractivity contribution in [3.05, 3.63) is 33.9 Å². The number of nitrogens with one attached hydrogen (secondary N) is 2. The van der Waals surface area contributed by atoms with E-state index in [0.717, 1.165) is 25.9 Å². The number of hydrogen-bond acceptors (Lipinski definition) is 4. The summed E-state index contributed by atoms with van der Waals surface area (Å²) in [5, 5.41) is 16.9. The molecule has 1 aliphatic heterocycles. The Morgan fingerprint density at radius 3 is 2.65 bits per heavy atom. The fourth-order valence-electron chi connectivity index (χ4n) is 2.37. The number of piperidine rings is 1. The third kappa shape index (κ3) is 2.96. The molecule has 2 N–H and O–H groups in total. The van der Waals surface area contributed by atoms with E-state index in [2.05, 4.69) is 10.6 Å². The van der Waals surface area contributed by atoms with E-state index in [1.807, 2.05) is 6.92 Å². The average Bonchev–Trinajstić information content (AvgIpc) is 2.41. The number of amides is 1. The van der Waals surface area contributed by atoms with Gasteiger partial charge in [0, 0.05) is 22.7 Å². The van der Waals surface area contributed by atoms with Crippen LogP contribution in [0.4, 0.5) is 11.4 Å². The largest absolute Gasteiger partial charge is 0.325 e. The fraction of sp³-hybridized carbons (Fsp3) is 0.500. The first-order chi connectivity index (χ1) is 9.42. The summed E-state index contributed by atoms with van der Waals surface area (Å²) in [6.45, 7) is 5.25. The molecule has 1 heterocycles. The van der Waals surface area contributed by atoms with Gasteiger partial charge >= 0.3 is 0 Å². The van der Waals surface area contributed by atoms with Crippen LogP contribution in [-0.4, -0.2) is 23.9 Å². The lowest BCUT2D eigenvalue weighted by atomic mass is 9.80. The Morgan fingerprint density at radius 2 is 2.05 bits per heavy atom. The Kier molecular flexibility index (Phi) is 4.04. The van der Waals surface area contributed by atoms with Crippen molar-refractivity contribution < 1.29 is 9.72 Å². The van der Waals surface area contributed by atoms with Crippen molar-refractivity contribution in [2.75, 3.05) is 18.4 Å². The molecule has 1 amide bonds. The molecule has 0 aliphatic carbocycles. The maximum Gasteiger partial charge on any atom is 0.274 e. The van der Waals surface area contributed by atoms with Gasteiger partial charge in [-0.2, -0.15) is 0 Å². The van der Waals surface area contributed by atoms with Crippen LogP contribution in [0.3, 0.4) is 0 Å². The van der Waals surface area contributed by atoms with Crippen molar-refractivity contribution in [2.24, 2.45) is 5.41 Å². The molecule has 0 aromatic heterocycles. The lowest BCUT2D eigenvalue weighted by molar-refractivity contribution is -0.385. The molecule has 1 fully saturated rings. The van der Waals surface area contributed by atoms with Crippen LogP contribution in [0.5, 0.6) is 0 Å². The van der Waals surface area contributed by atoms with E-state index in [4.69, 9.17) is 0 Å². The molecule has 0 atom stereocenters. The van der Waals surface area contributed by atoms with Crippen molar-refractivity contribution in [3.63, 3.8) is 0 Å². The van der Waals surface area contributed by atoms with Crippen molar-refractivity contribution >= 4 is 17.3 Å². The monoisotopic (exact) mass is 277 g/mol. The first-order valence-electron chi connectivity index (χ1n) is 6.70. The van der Waals surface area contributed by atoms with Gasteiger partial charge in [-0.05, 0) is 38.9 Å². The average molecular weight is 277 g/mol. The molecule has 0 bridgehead atoms. The first kappa shape index (κ1) is 14.5. The summed E-state index contributed by atoms with van der Waals surface area (Å²) in [6, 6.07) is 4.76. The topological polar surface area (TPSA) is 84.3 Å². The van der Waals surface area contributed by atoms with Gasteiger partial charge < -0.3 is 10.6 Å². The van der Waals surface area contributed by atoms with Crippen molar-refractivity contribution in [3.8, 4) is 0 Å². The summed E-state index contributed by atoms with van der Waals surface area (Å²) in [5.41, 5.74) is 0.677. The van der Waals surface area contributed by atoms with Gasteiger partial charge in [-0.1, -0.05) is 13.0 Å². The van der Waals surface area contributed by atoms with Crippen LogP contribution in [0.2, 0.25) is 0 Å². The van der Waals surface area contributed by atoms with E-state index in [9.17, 15) is 14.9 Å². The predicted molar refractivity (Wildman–Crippen MR) is 76.7 cm³/mol. The minimum Gasteiger partial charge on any atom is -0.325 e. The second-order valence-corrected chi connectivity index (χ2v) is 5.52. The van der Waals surface area contributed by atoms with E-state index in [0.29, 0.717) is 11.3 Å². The Hall–Kier alpha value is -1.95. The van der Waals surface area contributed by atoms with Crippen molar-refractivity contribution in [1.29, 1.82) is 0 Å². The zero-order chi connectivity index (χ0) is 14.8. The molecule has 6 heteroatoms. The molecule has 1 saturated heterocycles. The van der Waals surface area contributed by atoms with Crippen LogP contribution in [0, 0.1) is 22.5 Å². The van der Waals surface area contributed by atoms with Crippen LogP contribution in [0.15, 0.2) is 18.2 Å². The number of nitro groups is 1. The molecule has 0 radical (unpaired) electrons. The molecule has 0 spiro atoms. The van der Waals surface area contributed by atoms with Gasteiger partial charge in [0.05, 0.1) is 4.92 Å². The number of nitrogens with zero attached hydrogens (tertiary/aromatic N) is 1. The second-order valence-electron chi connectivity index (χ2n) is 5.52. The number of rotatable bonds is 3. The quantitative estimate of drug-likeness (QED) is 0.655. The minimum absolute atomic E-state index is 0.0262. The third-order valence-corrected chi connectivity index (χ3v) is 3.92. The van der Waals surface area contributed by atoms with Crippen molar-refractivity contribution in [2.45, 2.75) is 26.7 Å². The maximum absolute atomic E-state index is 12.3. The maximum atomic E-state index is 12.3. The van der Waals surface area contributed by atoms with Gasteiger partial charge in [0.15, 0.2) is 0 Å². The van der Waals surface area contributed by atoms with E-state index >= 15 is 0 Å².